The van der Waals surface area contributed by atoms with Gasteiger partial charge in [0.2, 0.25) is 0 Å². The Morgan fingerprint density at radius 1 is 1.18 bits per heavy atom. The number of rotatable bonds is 3. The molecule has 0 saturated heterocycles. The zero-order valence-corrected chi connectivity index (χ0v) is 10.4. The molecule has 1 heterocycles. The van der Waals surface area contributed by atoms with Crippen LogP contribution in [0.4, 0.5) is 11.4 Å². The van der Waals surface area contributed by atoms with E-state index in [2.05, 4.69) is 12.2 Å². The third kappa shape index (κ3) is 2.61. The average Bonchev–Trinajstić information content (AvgIpc) is 2.70. The second-order valence-corrected chi connectivity index (χ2v) is 4.39. The van der Waals surface area contributed by atoms with Crippen LogP contribution in [-0.4, -0.2) is 0 Å². The number of hydrogen-bond acceptors (Lipinski definition) is 3. The minimum absolute atomic E-state index is 0.130. The highest BCUT2D eigenvalue weighted by Crippen LogP contribution is 2.23. The van der Waals surface area contributed by atoms with Gasteiger partial charge in [-0.05, 0) is 50.6 Å². The zero-order valence-electron chi connectivity index (χ0n) is 10.4. The summed E-state index contributed by atoms with van der Waals surface area (Å²) in [6.45, 7) is 6.01. The molecule has 0 fully saturated rings. The van der Waals surface area contributed by atoms with Gasteiger partial charge in [0.05, 0.1) is 6.04 Å². The molecule has 0 radical (unpaired) electrons. The van der Waals surface area contributed by atoms with Gasteiger partial charge in [-0.15, -0.1) is 0 Å². The monoisotopic (exact) mass is 230 g/mol. The van der Waals surface area contributed by atoms with Gasteiger partial charge >= 0.3 is 0 Å². The molecule has 3 heteroatoms. The molecule has 1 atom stereocenters. The van der Waals surface area contributed by atoms with Crippen LogP contribution in [-0.2, 0) is 0 Å². The largest absolute Gasteiger partial charge is 0.464 e. The zero-order chi connectivity index (χ0) is 12.4. The summed E-state index contributed by atoms with van der Waals surface area (Å²) < 4.78 is 5.58. The number of nitrogen functional groups attached to an aromatic ring is 1. The molecule has 1 unspecified atom stereocenters. The van der Waals surface area contributed by atoms with Gasteiger partial charge in [0.1, 0.15) is 11.5 Å². The first-order valence-electron chi connectivity index (χ1n) is 5.75. The smallest absolute Gasteiger partial charge is 0.126 e. The van der Waals surface area contributed by atoms with E-state index < -0.39 is 0 Å². The van der Waals surface area contributed by atoms with Crippen molar-refractivity contribution < 1.29 is 4.42 Å². The Balaban J connectivity index is 2.12. The highest BCUT2D eigenvalue weighted by Gasteiger charge is 2.09. The summed E-state index contributed by atoms with van der Waals surface area (Å²) in [4.78, 5) is 0. The molecule has 3 N–H and O–H groups in total. The summed E-state index contributed by atoms with van der Waals surface area (Å²) in [6.07, 6.45) is 0. The number of furan rings is 1. The molecular weight excluding hydrogens is 212 g/mol. The van der Waals surface area contributed by atoms with Gasteiger partial charge in [0.15, 0.2) is 0 Å². The maximum absolute atomic E-state index is 5.88. The van der Waals surface area contributed by atoms with Crippen LogP contribution in [0, 0.1) is 13.8 Å². The van der Waals surface area contributed by atoms with Crippen LogP contribution in [0.2, 0.25) is 0 Å². The molecule has 0 saturated carbocycles. The van der Waals surface area contributed by atoms with E-state index in [-0.39, 0.29) is 6.04 Å². The summed E-state index contributed by atoms with van der Waals surface area (Å²) in [5.41, 5.74) is 8.78. The molecule has 0 spiro atoms. The molecule has 0 bridgehead atoms. The van der Waals surface area contributed by atoms with Crippen molar-refractivity contribution in [3.05, 3.63) is 47.4 Å². The van der Waals surface area contributed by atoms with Crippen LogP contribution in [0.5, 0.6) is 0 Å². The Bertz CT molecular complexity index is 517. The maximum Gasteiger partial charge on any atom is 0.126 e. The van der Waals surface area contributed by atoms with Crippen molar-refractivity contribution in [2.24, 2.45) is 0 Å². The Kier molecular flexibility index (Phi) is 3.09. The average molecular weight is 230 g/mol. The van der Waals surface area contributed by atoms with Crippen molar-refractivity contribution in [2.75, 3.05) is 11.1 Å². The quantitative estimate of drug-likeness (QED) is 0.791. The lowest BCUT2D eigenvalue weighted by molar-refractivity contribution is 0.467. The van der Waals surface area contributed by atoms with Crippen LogP contribution in [0.15, 0.2) is 34.7 Å². The molecule has 1 aromatic carbocycles. The summed E-state index contributed by atoms with van der Waals surface area (Å²) in [5, 5.41) is 3.37. The van der Waals surface area contributed by atoms with Gasteiger partial charge in [0.25, 0.3) is 0 Å². The van der Waals surface area contributed by atoms with Crippen LogP contribution in [0.25, 0.3) is 0 Å². The van der Waals surface area contributed by atoms with Gasteiger partial charge < -0.3 is 15.5 Å². The summed E-state index contributed by atoms with van der Waals surface area (Å²) >= 11 is 0. The molecule has 2 aromatic rings. The van der Waals surface area contributed by atoms with E-state index in [0.717, 1.165) is 28.5 Å². The van der Waals surface area contributed by atoms with Gasteiger partial charge in [-0.1, -0.05) is 6.07 Å². The number of aryl methyl sites for hydroxylation is 2. The summed E-state index contributed by atoms with van der Waals surface area (Å²) in [7, 11) is 0. The molecular formula is C14H18N2O. The van der Waals surface area contributed by atoms with E-state index >= 15 is 0 Å². The first-order chi connectivity index (χ1) is 8.06. The highest BCUT2D eigenvalue weighted by molar-refractivity contribution is 5.58. The Hall–Kier alpha value is -1.90. The van der Waals surface area contributed by atoms with Crippen LogP contribution >= 0.6 is 0 Å². The predicted molar refractivity (Wildman–Crippen MR) is 71.1 cm³/mol. The molecule has 0 aliphatic rings. The second-order valence-electron chi connectivity index (χ2n) is 4.39. The van der Waals surface area contributed by atoms with Crippen LogP contribution < -0.4 is 11.1 Å². The van der Waals surface area contributed by atoms with Crippen molar-refractivity contribution in [1.29, 1.82) is 0 Å². The number of benzene rings is 1. The van der Waals surface area contributed by atoms with Crippen molar-refractivity contribution in [2.45, 2.75) is 26.8 Å². The van der Waals surface area contributed by atoms with Crippen molar-refractivity contribution >= 4 is 11.4 Å². The molecule has 17 heavy (non-hydrogen) atoms. The van der Waals surface area contributed by atoms with Crippen LogP contribution in [0.1, 0.15) is 30.0 Å². The number of hydrogen-bond donors (Lipinski definition) is 2. The lowest BCUT2D eigenvalue weighted by Crippen LogP contribution is -2.06. The van der Waals surface area contributed by atoms with E-state index in [0.29, 0.717) is 0 Å². The van der Waals surface area contributed by atoms with Gasteiger partial charge in [-0.3, -0.25) is 0 Å². The maximum atomic E-state index is 5.88. The van der Waals surface area contributed by atoms with E-state index in [9.17, 15) is 0 Å². The van der Waals surface area contributed by atoms with E-state index in [1.165, 1.54) is 0 Å². The normalized spacial score (nSPS) is 12.4. The minimum Gasteiger partial charge on any atom is -0.464 e. The molecule has 2 rings (SSSR count). The van der Waals surface area contributed by atoms with Gasteiger partial charge in [-0.2, -0.15) is 0 Å². The van der Waals surface area contributed by atoms with E-state index in [4.69, 9.17) is 10.2 Å². The first kappa shape index (κ1) is 11.6. The number of nitrogens with one attached hydrogen (secondary N) is 1. The van der Waals surface area contributed by atoms with Crippen LogP contribution in [0.3, 0.4) is 0 Å². The number of anilines is 2. The first-order valence-corrected chi connectivity index (χ1v) is 5.75. The fraction of sp³-hybridized carbons (Fsp3) is 0.286. The lowest BCUT2D eigenvalue weighted by atomic mass is 10.1. The Labute approximate surface area is 102 Å². The van der Waals surface area contributed by atoms with E-state index in [1.54, 1.807) is 0 Å². The summed E-state index contributed by atoms with van der Waals surface area (Å²) in [6, 6.07) is 10.1. The second kappa shape index (κ2) is 4.53. The molecule has 0 amide bonds. The molecule has 1 aromatic heterocycles. The molecule has 3 nitrogen and oxygen atoms in total. The fourth-order valence-corrected chi connectivity index (χ4v) is 1.74. The van der Waals surface area contributed by atoms with Crippen molar-refractivity contribution in [3.63, 3.8) is 0 Å². The summed E-state index contributed by atoms with van der Waals surface area (Å²) in [5.74, 6) is 1.86. The molecule has 0 aliphatic heterocycles. The lowest BCUT2D eigenvalue weighted by Gasteiger charge is -2.14. The van der Waals surface area contributed by atoms with Gasteiger partial charge in [-0.25, -0.2) is 0 Å². The molecule has 0 aliphatic carbocycles. The van der Waals surface area contributed by atoms with Gasteiger partial charge in [0, 0.05) is 11.4 Å². The Morgan fingerprint density at radius 3 is 2.53 bits per heavy atom. The highest BCUT2D eigenvalue weighted by atomic mass is 16.3. The topological polar surface area (TPSA) is 51.2 Å². The van der Waals surface area contributed by atoms with E-state index in [1.807, 2.05) is 44.2 Å². The standard InChI is InChI=1S/C14H18N2O/c1-9-4-6-12(8-13(9)15)16-11(3)14-7-5-10(2)17-14/h4-8,11,16H,15H2,1-3H3. The van der Waals surface area contributed by atoms with Crippen molar-refractivity contribution in [3.8, 4) is 0 Å². The van der Waals surface area contributed by atoms with Crippen molar-refractivity contribution in [1.82, 2.24) is 0 Å². The molecule has 90 valence electrons. The fourth-order valence-electron chi connectivity index (χ4n) is 1.74. The Morgan fingerprint density at radius 2 is 1.94 bits per heavy atom. The number of nitrogens with two attached hydrogens (primary N) is 1. The third-order valence-electron chi connectivity index (χ3n) is 2.85. The minimum atomic E-state index is 0.130. The SMILES string of the molecule is Cc1ccc(C(C)Nc2ccc(C)c(N)c2)o1. The third-order valence-corrected chi connectivity index (χ3v) is 2.85. The predicted octanol–water partition coefficient (Wildman–Crippen LogP) is 3.65.